The van der Waals surface area contributed by atoms with Crippen molar-refractivity contribution in [2.75, 3.05) is 26.7 Å². The SMILES string of the molecule is CNC(=O)CN1CCC(NCc2cc(C)n(Cc3ccco3)c2C)CC1. The van der Waals surface area contributed by atoms with Crippen LogP contribution in [0.15, 0.2) is 28.9 Å². The lowest BCUT2D eigenvalue weighted by molar-refractivity contribution is -0.122. The fourth-order valence-electron chi connectivity index (χ4n) is 3.68. The molecule has 142 valence electrons. The van der Waals surface area contributed by atoms with Gasteiger partial charge in [0.2, 0.25) is 5.91 Å². The van der Waals surface area contributed by atoms with Crippen LogP contribution in [0, 0.1) is 13.8 Å². The van der Waals surface area contributed by atoms with E-state index in [1.807, 2.05) is 12.1 Å². The van der Waals surface area contributed by atoms with Crippen molar-refractivity contribution in [3.63, 3.8) is 0 Å². The molecule has 3 rings (SSSR count). The van der Waals surface area contributed by atoms with E-state index in [-0.39, 0.29) is 5.91 Å². The van der Waals surface area contributed by atoms with Crippen LogP contribution < -0.4 is 10.6 Å². The third-order valence-corrected chi connectivity index (χ3v) is 5.39. The van der Waals surface area contributed by atoms with E-state index in [0.29, 0.717) is 12.6 Å². The van der Waals surface area contributed by atoms with Gasteiger partial charge in [0, 0.05) is 44.1 Å². The number of amides is 1. The molecule has 1 aliphatic rings. The molecule has 0 bridgehead atoms. The van der Waals surface area contributed by atoms with E-state index in [1.165, 1.54) is 17.0 Å². The molecule has 2 aromatic heterocycles. The number of piperidine rings is 1. The monoisotopic (exact) mass is 358 g/mol. The number of furan rings is 1. The first-order chi connectivity index (χ1) is 12.6. The van der Waals surface area contributed by atoms with Gasteiger partial charge >= 0.3 is 0 Å². The van der Waals surface area contributed by atoms with Crippen LogP contribution in [0.5, 0.6) is 0 Å². The first-order valence-electron chi connectivity index (χ1n) is 9.41. The molecule has 3 heterocycles. The van der Waals surface area contributed by atoms with Gasteiger partial charge in [0.1, 0.15) is 5.76 Å². The van der Waals surface area contributed by atoms with Crippen molar-refractivity contribution in [1.29, 1.82) is 0 Å². The van der Waals surface area contributed by atoms with E-state index in [1.54, 1.807) is 13.3 Å². The lowest BCUT2D eigenvalue weighted by atomic mass is 10.0. The van der Waals surface area contributed by atoms with Crippen LogP contribution in [0.2, 0.25) is 0 Å². The average molecular weight is 358 g/mol. The number of rotatable bonds is 7. The van der Waals surface area contributed by atoms with E-state index >= 15 is 0 Å². The molecule has 0 saturated carbocycles. The Bertz CT molecular complexity index is 713. The maximum absolute atomic E-state index is 11.5. The Hall–Kier alpha value is -2.05. The second-order valence-corrected chi connectivity index (χ2v) is 7.17. The smallest absolute Gasteiger partial charge is 0.233 e. The molecule has 1 amide bonds. The Morgan fingerprint density at radius 2 is 2.08 bits per heavy atom. The number of carbonyl (C=O) groups is 1. The maximum Gasteiger partial charge on any atom is 0.233 e. The quantitative estimate of drug-likeness (QED) is 0.795. The molecule has 0 atom stereocenters. The summed E-state index contributed by atoms with van der Waals surface area (Å²) in [5.41, 5.74) is 3.90. The molecule has 0 spiro atoms. The van der Waals surface area contributed by atoms with Crippen molar-refractivity contribution in [3.8, 4) is 0 Å². The van der Waals surface area contributed by atoms with Gasteiger partial charge in [-0.25, -0.2) is 0 Å². The number of hydrogen-bond donors (Lipinski definition) is 2. The van der Waals surface area contributed by atoms with Gasteiger partial charge in [0.15, 0.2) is 0 Å². The van der Waals surface area contributed by atoms with Crippen LogP contribution >= 0.6 is 0 Å². The number of carbonyl (C=O) groups excluding carboxylic acids is 1. The average Bonchev–Trinajstić information content (AvgIpc) is 3.25. The van der Waals surface area contributed by atoms with Crippen molar-refractivity contribution in [2.45, 2.75) is 45.8 Å². The summed E-state index contributed by atoms with van der Waals surface area (Å²) in [5.74, 6) is 1.08. The third kappa shape index (κ3) is 4.56. The van der Waals surface area contributed by atoms with Crippen LogP contribution in [0.3, 0.4) is 0 Å². The van der Waals surface area contributed by atoms with Crippen molar-refractivity contribution in [1.82, 2.24) is 20.1 Å². The van der Waals surface area contributed by atoms with Crippen LogP contribution in [-0.2, 0) is 17.9 Å². The minimum absolute atomic E-state index is 0.0976. The van der Waals surface area contributed by atoms with Gasteiger partial charge in [0.25, 0.3) is 0 Å². The zero-order valence-corrected chi connectivity index (χ0v) is 16.0. The predicted molar refractivity (Wildman–Crippen MR) is 102 cm³/mol. The highest BCUT2D eigenvalue weighted by Gasteiger charge is 2.20. The second-order valence-electron chi connectivity index (χ2n) is 7.17. The summed E-state index contributed by atoms with van der Waals surface area (Å²) < 4.78 is 7.80. The second kappa shape index (κ2) is 8.56. The zero-order valence-electron chi connectivity index (χ0n) is 16.0. The van der Waals surface area contributed by atoms with Gasteiger partial charge in [-0.3, -0.25) is 9.69 Å². The largest absolute Gasteiger partial charge is 0.467 e. The number of aromatic nitrogens is 1. The van der Waals surface area contributed by atoms with Crippen LogP contribution in [0.25, 0.3) is 0 Å². The minimum atomic E-state index is 0.0976. The molecule has 26 heavy (non-hydrogen) atoms. The molecule has 6 heteroatoms. The molecule has 2 aromatic rings. The van der Waals surface area contributed by atoms with E-state index < -0.39 is 0 Å². The lowest BCUT2D eigenvalue weighted by Crippen LogP contribution is -2.45. The number of hydrogen-bond acceptors (Lipinski definition) is 4. The lowest BCUT2D eigenvalue weighted by Gasteiger charge is -2.31. The summed E-state index contributed by atoms with van der Waals surface area (Å²) in [6.45, 7) is 8.46. The third-order valence-electron chi connectivity index (χ3n) is 5.39. The van der Waals surface area contributed by atoms with Gasteiger partial charge in [-0.05, 0) is 50.5 Å². The van der Waals surface area contributed by atoms with Crippen LogP contribution in [0.4, 0.5) is 0 Å². The van der Waals surface area contributed by atoms with Crippen molar-refractivity contribution in [3.05, 3.63) is 47.2 Å². The highest BCUT2D eigenvalue weighted by molar-refractivity contribution is 5.77. The molecular weight excluding hydrogens is 328 g/mol. The van der Waals surface area contributed by atoms with E-state index in [2.05, 4.69) is 40.0 Å². The standard InChI is InChI=1S/C20H30N4O2/c1-15-11-17(16(2)24(15)13-19-5-4-10-26-19)12-22-18-6-8-23(9-7-18)14-20(25)21-3/h4-5,10-11,18,22H,6-9,12-14H2,1-3H3,(H,21,25). The first-order valence-corrected chi connectivity index (χ1v) is 9.41. The van der Waals surface area contributed by atoms with Crippen molar-refractivity contribution < 1.29 is 9.21 Å². The summed E-state index contributed by atoms with van der Waals surface area (Å²) in [6.07, 6.45) is 3.90. The number of likely N-dealkylation sites (tertiary alicyclic amines) is 1. The summed E-state index contributed by atoms with van der Waals surface area (Å²) >= 11 is 0. The van der Waals surface area contributed by atoms with E-state index in [4.69, 9.17) is 4.42 Å². The highest BCUT2D eigenvalue weighted by Crippen LogP contribution is 2.18. The van der Waals surface area contributed by atoms with Gasteiger partial charge < -0.3 is 19.6 Å². The minimum Gasteiger partial charge on any atom is -0.467 e. The van der Waals surface area contributed by atoms with Crippen molar-refractivity contribution >= 4 is 5.91 Å². The van der Waals surface area contributed by atoms with Gasteiger partial charge in [0.05, 0.1) is 19.4 Å². The normalized spacial score (nSPS) is 16.1. The molecule has 2 N–H and O–H groups in total. The molecule has 0 aromatic carbocycles. The highest BCUT2D eigenvalue weighted by atomic mass is 16.3. The maximum atomic E-state index is 11.5. The van der Waals surface area contributed by atoms with Gasteiger partial charge in [-0.15, -0.1) is 0 Å². The molecule has 6 nitrogen and oxygen atoms in total. The van der Waals surface area contributed by atoms with E-state index in [0.717, 1.165) is 44.8 Å². The van der Waals surface area contributed by atoms with E-state index in [9.17, 15) is 4.79 Å². The Labute approximate surface area is 155 Å². The predicted octanol–water partition coefficient (Wildman–Crippen LogP) is 2.05. The topological polar surface area (TPSA) is 62.4 Å². The zero-order chi connectivity index (χ0) is 18.5. The Kier molecular flexibility index (Phi) is 6.16. The molecule has 0 radical (unpaired) electrons. The molecule has 1 aliphatic heterocycles. The Morgan fingerprint density at radius 1 is 1.31 bits per heavy atom. The Balaban J connectivity index is 1.50. The molecular formula is C20H30N4O2. The summed E-state index contributed by atoms with van der Waals surface area (Å²) in [5, 5.41) is 6.40. The van der Waals surface area contributed by atoms with Crippen molar-refractivity contribution in [2.24, 2.45) is 0 Å². The number of nitrogens with zero attached hydrogens (tertiary/aromatic N) is 2. The van der Waals surface area contributed by atoms with Gasteiger partial charge in [-0.2, -0.15) is 0 Å². The number of likely N-dealkylation sites (N-methyl/N-ethyl adjacent to an activating group) is 1. The molecule has 1 saturated heterocycles. The molecule has 0 unspecified atom stereocenters. The fraction of sp³-hybridized carbons (Fsp3) is 0.550. The first kappa shape index (κ1) is 18.7. The van der Waals surface area contributed by atoms with Crippen LogP contribution in [-0.4, -0.2) is 48.1 Å². The molecule has 1 fully saturated rings. The van der Waals surface area contributed by atoms with Crippen LogP contribution in [0.1, 0.15) is 35.6 Å². The summed E-state index contributed by atoms with van der Waals surface area (Å²) in [4.78, 5) is 13.7. The summed E-state index contributed by atoms with van der Waals surface area (Å²) in [7, 11) is 1.69. The Morgan fingerprint density at radius 3 is 2.73 bits per heavy atom. The summed E-state index contributed by atoms with van der Waals surface area (Å²) in [6, 6.07) is 6.74. The fourth-order valence-corrected chi connectivity index (χ4v) is 3.68. The number of aryl methyl sites for hydroxylation is 1. The molecule has 0 aliphatic carbocycles. The number of nitrogens with one attached hydrogen (secondary N) is 2. The van der Waals surface area contributed by atoms with Gasteiger partial charge in [-0.1, -0.05) is 0 Å².